The molecule has 7 nitrogen and oxygen atoms in total. The minimum atomic E-state index is -0.156. The van der Waals surface area contributed by atoms with Gasteiger partial charge in [0.15, 0.2) is 5.11 Å². The molecule has 2 atom stereocenters. The fourth-order valence-electron chi connectivity index (χ4n) is 4.65. The Morgan fingerprint density at radius 3 is 2.67 bits per heavy atom. The predicted octanol–water partition coefficient (Wildman–Crippen LogP) is 4.89. The second-order valence-corrected chi connectivity index (χ2v) is 9.33. The Balaban J connectivity index is 1.43. The molecule has 3 aromatic heterocycles. The molecular formula is C28H28N6OS. The molecule has 4 aromatic rings. The zero-order chi connectivity index (χ0) is 25.1. The van der Waals surface area contributed by atoms with Gasteiger partial charge < -0.3 is 20.1 Å². The number of aromatic nitrogens is 3. The molecule has 0 radical (unpaired) electrons. The number of aryl methyl sites for hydroxylation is 2. The van der Waals surface area contributed by atoms with E-state index in [0.717, 1.165) is 33.9 Å². The average Bonchev–Trinajstić information content (AvgIpc) is 3.50. The van der Waals surface area contributed by atoms with E-state index in [0.29, 0.717) is 18.1 Å². The van der Waals surface area contributed by atoms with Crippen LogP contribution in [-0.2, 0) is 4.79 Å². The van der Waals surface area contributed by atoms with Gasteiger partial charge in [-0.05, 0) is 79.7 Å². The molecule has 36 heavy (non-hydrogen) atoms. The Hall–Kier alpha value is -4.04. The number of hydrogen-bond acceptors (Lipinski definition) is 4. The first kappa shape index (κ1) is 23.7. The Labute approximate surface area is 216 Å². The first-order valence-corrected chi connectivity index (χ1v) is 12.3. The van der Waals surface area contributed by atoms with E-state index in [1.807, 2.05) is 74.6 Å². The molecule has 0 saturated carbocycles. The third-order valence-corrected chi connectivity index (χ3v) is 6.82. The third-order valence-electron chi connectivity index (χ3n) is 6.47. The summed E-state index contributed by atoms with van der Waals surface area (Å²) in [7, 11) is 0. The van der Waals surface area contributed by atoms with Crippen molar-refractivity contribution in [3.8, 4) is 5.69 Å². The summed E-state index contributed by atoms with van der Waals surface area (Å²) < 4.78 is 2.14. The highest BCUT2D eigenvalue weighted by Crippen LogP contribution is 2.39. The topological polar surface area (TPSA) is 75.1 Å². The largest absolute Gasteiger partial charge is 0.352 e. The average molecular weight is 497 g/mol. The minimum absolute atomic E-state index is 0.0453. The molecule has 5 rings (SSSR count). The Kier molecular flexibility index (Phi) is 6.77. The van der Waals surface area contributed by atoms with Crippen molar-refractivity contribution in [3.63, 3.8) is 0 Å². The van der Waals surface area contributed by atoms with Crippen molar-refractivity contribution in [2.75, 3.05) is 11.9 Å². The summed E-state index contributed by atoms with van der Waals surface area (Å²) in [5.74, 6) is -0.0453. The van der Waals surface area contributed by atoms with Crippen molar-refractivity contribution >= 4 is 28.9 Å². The van der Waals surface area contributed by atoms with Crippen LogP contribution in [0.5, 0.6) is 0 Å². The van der Waals surface area contributed by atoms with Gasteiger partial charge in [-0.2, -0.15) is 0 Å². The van der Waals surface area contributed by atoms with Crippen molar-refractivity contribution in [2.24, 2.45) is 0 Å². The van der Waals surface area contributed by atoms with Gasteiger partial charge in [0, 0.05) is 54.8 Å². The van der Waals surface area contributed by atoms with Crippen LogP contribution < -0.4 is 10.6 Å². The van der Waals surface area contributed by atoms with E-state index in [4.69, 9.17) is 12.2 Å². The van der Waals surface area contributed by atoms with Gasteiger partial charge in [0.25, 0.3) is 0 Å². The van der Waals surface area contributed by atoms with Crippen LogP contribution in [-0.4, -0.2) is 37.0 Å². The number of anilines is 1. The van der Waals surface area contributed by atoms with Crippen molar-refractivity contribution in [1.29, 1.82) is 0 Å². The summed E-state index contributed by atoms with van der Waals surface area (Å²) in [4.78, 5) is 23.8. The van der Waals surface area contributed by atoms with Crippen LogP contribution in [0.1, 0.15) is 41.0 Å². The van der Waals surface area contributed by atoms with E-state index in [-0.39, 0.29) is 18.0 Å². The van der Waals surface area contributed by atoms with Crippen molar-refractivity contribution in [3.05, 3.63) is 108 Å². The van der Waals surface area contributed by atoms with E-state index < -0.39 is 0 Å². The maximum absolute atomic E-state index is 12.9. The molecule has 8 heteroatoms. The normalized spacial score (nSPS) is 17.2. The van der Waals surface area contributed by atoms with Crippen LogP contribution in [0.3, 0.4) is 0 Å². The molecule has 1 aromatic carbocycles. The lowest BCUT2D eigenvalue weighted by Crippen LogP contribution is -2.33. The number of pyridine rings is 2. The molecule has 1 amide bonds. The van der Waals surface area contributed by atoms with Gasteiger partial charge in [-0.3, -0.25) is 14.8 Å². The number of carbonyl (C=O) groups excluding carboxylic acids is 1. The van der Waals surface area contributed by atoms with Crippen molar-refractivity contribution in [2.45, 2.75) is 32.4 Å². The maximum atomic E-state index is 12.9. The van der Waals surface area contributed by atoms with E-state index in [1.165, 1.54) is 0 Å². The molecular weight excluding hydrogens is 468 g/mol. The van der Waals surface area contributed by atoms with Gasteiger partial charge in [0.05, 0.1) is 17.8 Å². The maximum Gasteiger partial charge on any atom is 0.226 e. The first-order chi connectivity index (χ1) is 17.5. The lowest BCUT2D eigenvalue weighted by Gasteiger charge is -2.28. The number of carbonyl (C=O) groups is 1. The zero-order valence-electron chi connectivity index (χ0n) is 20.3. The molecule has 0 unspecified atom stereocenters. The summed E-state index contributed by atoms with van der Waals surface area (Å²) in [6.07, 6.45) is 7.69. The highest BCUT2D eigenvalue weighted by atomic mass is 32.1. The molecule has 1 saturated heterocycles. The van der Waals surface area contributed by atoms with Crippen LogP contribution >= 0.6 is 12.2 Å². The number of hydrogen-bond donors (Lipinski definition) is 2. The van der Waals surface area contributed by atoms with Crippen LogP contribution in [0.25, 0.3) is 5.69 Å². The summed E-state index contributed by atoms with van der Waals surface area (Å²) in [5.41, 5.74) is 5.95. The Bertz CT molecular complexity index is 1370. The number of amides is 1. The Morgan fingerprint density at radius 1 is 1.06 bits per heavy atom. The van der Waals surface area contributed by atoms with Crippen LogP contribution in [0, 0.1) is 13.8 Å². The lowest BCUT2D eigenvalue weighted by molar-refractivity contribution is -0.116. The number of nitrogens with zero attached hydrogens (tertiary/aromatic N) is 4. The number of benzene rings is 1. The number of rotatable bonds is 7. The van der Waals surface area contributed by atoms with E-state index >= 15 is 0 Å². The highest BCUT2D eigenvalue weighted by Gasteiger charge is 2.41. The van der Waals surface area contributed by atoms with Crippen LogP contribution in [0.15, 0.2) is 85.5 Å². The van der Waals surface area contributed by atoms with Crippen LogP contribution in [0.2, 0.25) is 0 Å². The monoisotopic (exact) mass is 496 g/mol. The highest BCUT2D eigenvalue weighted by molar-refractivity contribution is 7.80. The van der Waals surface area contributed by atoms with E-state index in [9.17, 15) is 4.79 Å². The van der Waals surface area contributed by atoms with E-state index in [1.54, 1.807) is 18.6 Å². The number of nitrogens with one attached hydrogen (secondary N) is 2. The molecule has 0 spiro atoms. The van der Waals surface area contributed by atoms with Gasteiger partial charge in [-0.25, -0.2) is 0 Å². The third kappa shape index (κ3) is 4.85. The summed E-state index contributed by atoms with van der Waals surface area (Å²) in [6, 6.07) is 19.7. The summed E-state index contributed by atoms with van der Waals surface area (Å²) in [5, 5.41) is 7.14. The van der Waals surface area contributed by atoms with Crippen molar-refractivity contribution < 1.29 is 4.79 Å². The molecule has 182 valence electrons. The van der Waals surface area contributed by atoms with Gasteiger partial charge in [0.1, 0.15) is 0 Å². The van der Waals surface area contributed by atoms with Crippen LogP contribution in [0.4, 0.5) is 5.69 Å². The quantitative estimate of drug-likeness (QED) is 0.355. The lowest BCUT2D eigenvalue weighted by atomic mass is 10.0. The molecule has 1 aliphatic heterocycles. The second kappa shape index (κ2) is 10.3. The predicted molar refractivity (Wildman–Crippen MR) is 145 cm³/mol. The summed E-state index contributed by atoms with van der Waals surface area (Å²) in [6.45, 7) is 4.48. The van der Waals surface area contributed by atoms with Gasteiger partial charge in [-0.15, -0.1) is 0 Å². The van der Waals surface area contributed by atoms with Crippen molar-refractivity contribution in [1.82, 2.24) is 24.8 Å². The smallest absolute Gasteiger partial charge is 0.226 e. The minimum Gasteiger partial charge on any atom is -0.352 e. The molecule has 0 bridgehead atoms. The molecule has 4 heterocycles. The second-order valence-electron chi connectivity index (χ2n) is 8.95. The molecule has 1 aliphatic rings. The number of thiocarbonyl (C=S) groups is 1. The van der Waals surface area contributed by atoms with E-state index in [2.05, 4.69) is 36.1 Å². The molecule has 0 aliphatic carbocycles. The Morgan fingerprint density at radius 2 is 1.89 bits per heavy atom. The standard InChI is InChI=1S/C28H28N6OS/c1-19-8-9-20(2)23(18-19)31-25(35)12-17-34-27(26(32-28(34)36)22-6-3-4-13-30-22)24-7-5-16-33(24)21-10-14-29-15-11-21/h3-11,13-16,18,26-27H,12,17H2,1-2H3,(H,31,35)(H,32,36)/t26-,27+/m0/s1. The summed E-state index contributed by atoms with van der Waals surface area (Å²) >= 11 is 5.78. The van der Waals surface area contributed by atoms with Gasteiger partial charge in [0.2, 0.25) is 5.91 Å². The fourth-order valence-corrected chi connectivity index (χ4v) is 4.98. The van der Waals surface area contributed by atoms with Gasteiger partial charge >= 0.3 is 0 Å². The SMILES string of the molecule is Cc1ccc(C)c(NC(=O)CCN2C(=S)N[C@@H](c3ccccn3)[C@H]2c2cccn2-c2ccncc2)c1. The van der Waals surface area contributed by atoms with Gasteiger partial charge in [-0.1, -0.05) is 18.2 Å². The fraction of sp³-hybridized carbons (Fsp3) is 0.214. The zero-order valence-corrected chi connectivity index (χ0v) is 21.1. The molecule has 2 N–H and O–H groups in total. The molecule has 1 fully saturated rings. The first-order valence-electron chi connectivity index (χ1n) is 11.9.